The first kappa shape index (κ1) is 39.2. The van der Waals surface area contributed by atoms with Crippen molar-refractivity contribution >= 4 is 27.3 Å². The fourth-order valence-electron chi connectivity index (χ4n) is 13.5. The van der Waals surface area contributed by atoms with Crippen molar-refractivity contribution in [1.29, 1.82) is 0 Å². The molecule has 5 fully saturated rings. The molecule has 1 amide bonds. The Morgan fingerprint density at radius 2 is 1.58 bits per heavy atom. The summed E-state index contributed by atoms with van der Waals surface area (Å²) in [4.78, 5) is 27.9. The molecule has 1 aromatic rings. The van der Waals surface area contributed by atoms with Gasteiger partial charge in [0.1, 0.15) is 0 Å². The number of sulfone groups is 1. The molecule has 2 N–H and O–H groups in total. The number of hydrogen-bond acceptors (Lipinski definition) is 5. The lowest BCUT2D eigenvalue weighted by Gasteiger charge is -2.72. The van der Waals surface area contributed by atoms with E-state index in [1.54, 1.807) is 18.2 Å². The number of carbonyl (C=O) groups excluding carboxylic acids is 1. The first-order valence-electron chi connectivity index (χ1n) is 20.3. The maximum absolute atomic E-state index is 14.1. The predicted molar refractivity (Wildman–Crippen MR) is 211 cm³/mol. The third-order valence-corrected chi connectivity index (χ3v) is 17.8. The maximum Gasteiger partial charge on any atom is 0.335 e. The second-order valence-corrected chi connectivity index (χ2v) is 21.1. The quantitative estimate of drug-likeness (QED) is 0.215. The molecule has 5 aliphatic carbocycles. The first-order chi connectivity index (χ1) is 24.5. The summed E-state index contributed by atoms with van der Waals surface area (Å²) in [5.74, 6) is 2.17. The Labute approximate surface area is 314 Å². The van der Waals surface area contributed by atoms with Gasteiger partial charge in [0.2, 0.25) is 5.91 Å². The van der Waals surface area contributed by atoms with Gasteiger partial charge in [0.05, 0.1) is 22.5 Å². The Morgan fingerprint density at radius 1 is 0.904 bits per heavy atom. The van der Waals surface area contributed by atoms with E-state index in [-0.39, 0.29) is 38.6 Å². The standard InChI is InChI=1S/C41H60N2O5S.C3H6/c1-37(2)30(28-9-11-29(12-10-28)35(44)45)15-18-38(3)33(37)16-19-40(5)34(38)14-13-31-32-8-6-17-41(32,21-20-39(31,40)4)36(46)42-22-7-23-43-24-26-49(47,48)27-25-43;1-3-2/h9-12,15,31-34H,6-8,13-14,16-27H2,1-5H3,(H,42,46)(H,44,45);3H,1H2,2H3/t31?,32-,33?,34?,38?,39-,40?,41?;/m1./s1. The summed E-state index contributed by atoms with van der Waals surface area (Å²) in [6.07, 6.45) is 16.6. The van der Waals surface area contributed by atoms with E-state index < -0.39 is 15.8 Å². The number of amides is 1. The van der Waals surface area contributed by atoms with Crippen LogP contribution in [0.3, 0.4) is 0 Å². The van der Waals surface area contributed by atoms with E-state index in [9.17, 15) is 23.1 Å². The lowest BCUT2D eigenvalue weighted by molar-refractivity contribution is -0.222. The molecule has 6 unspecified atom stereocenters. The lowest BCUT2D eigenvalue weighted by atomic mass is 9.32. The van der Waals surface area contributed by atoms with Gasteiger partial charge in [-0.05, 0) is 146 Å². The predicted octanol–water partition coefficient (Wildman–Crippen LogP) is 8.66. The molecule has 0 radical (unpaired) electrons. The molecule has 0 aromatic heterocycles. The van der Waals surface area contributed by atoms with Gasteiger partial charge < -0.3 is 15.3 Å². The SMILES string of the molecule is C=CC.CC1(C)C(c2ccc(C(=O)O)cc2)=CCC2(C)C1CCC1(C)C2CCC2[C@H]3CCCC3(C(=O)NCCCN3CCS(=O)(=O)CC3)CC[C@]21C. The average Bonchev–Trinajstić information content (AvgIpc) is 3.53. The summed E-state index contributed by atoms with van der Waals surface area (Å²) >= 11 is 0. The van der Waals surface area contributed by atoms with Gasteiger partial charge >= 0.3 is 5.97 Å². The molecule has 288 valence electrons. The second-order valence-electron chi connectivity index (χ2n) is 18.8. The number of nitrogens with zero attached hydrogens (tertiary/aromatic N) is 1. The van der Waals surface area contributed by atoms with E-state index in [4.69, 9.17) is 0 Å². The molecule has 0 spiro atoms. The summed E-state index contributed by atoms with van der Waals surface area (Å²) in [5.41, 5.74) is 3.30. The maximum atomic E-state index is 14.1. The van der Waals surface area contributed by atoms with Crippen molar-refractivity contribution in [2.24, 2.45) is 50.7 Å². The average molecular weight is 735 g/mol. The number of benzene rings is 1. The van der Waals surface area contributed by atoms with Gasteiger partial charge in [-0.25, -0.2) is 13.2 Å². The molecule has 1 heterocycles. The van der Waals surface area contributed by atoms with E-state index in [2.05, 4.69) is 57.5 Å². The molecule has 4 saturated carbocycles. The van der Waals surface area contributed by atoms with Crippen molar-refractivity contribution in [2.75, 3.05) is 37.7 Å². The number of fused-ring (bicyclic) bond motifs is 7. The van der Waals surface area contributed by atoms with Gasteiger partial charge in [0.25, 0.3) is 0 Å². The summed E-state index contributed by atoms with van der Waals surface area (Å²) in [6, 6.07) is 7.52. The van der Waals surface area contributed by atoms with Crippen LogP contribution in [0.4, 0.5) is 0 Å². The highest BCUT2D eigenvalue weighted by molar-refractivity contribution is 7.91. The monoisotopic (exact) mass is 734 g/mol. The number of aromatic carboxylic acids is 1. The van der Waals surface area contributed by atoms with E-state index in [0.717, 1.165) is 50.6 Å². The molecule has 7 rings (SSSR count). The van der Waals surface area contributed by atoms with E-state index in [1.807, 2.05) is 19.1 Å². The van der Waals surface area contributed by atoms with Crippen LogP contribution >= 0.6 is 0 Å². The van der Waals surface area contributed by atoms with Crippen LogP contribution in [0.15, 0.2) is 43.0 Å². The van der Waals surface area contributed by atoms with Crippen molar-refractivity contribution in [3.8, 4) is 0 Å². The van der Waals surface area contributed by atoms with Gasteiger partial charge in [0.15, 0.2) is 9.84 Å². The number of carboxylic acid groups (broad SMARTS) is 1. The second kappa shape index (κ2) is 14.3. The highest BCUT2D eigenvalue weighted by Gasteiger charge is 2.70. The van der Waals surface area contributed by atoms with Crippen molar-refractivity contribution in [2.45, 2.75) is 112 Å². The smallest absolute Gasteiger partial charge is 0.335 e. The van der Waals surface area contributed by atoms with Gasteiger partial charge in [-0.3, -0.25) is 4.79 Å². The van der Waals surface area contributed by atoms with Crippen molar-refractivity contribution in [3.05, 3.63) is 54.1 Å². The first-order valence-corrected chi connectivity index (χ1v) is 22.1. The molecule has 7 nitrogen and oxygen atoms in total. The van der Waals surface area contributed by atoms with Crippen LogP contribution in [0.2, 0.25) is 0 Å². The molecule has 1 aliphatic heterocycles. The van der Waals surface area contributed by atoms with Crippen LogP contribution in [0, 0.1) is 50.7 Å². The Balaban J connectivity index is 0.00000150. The summed E-state index contributed by atoms with van der Waals surface area (Å²) in [6.45, 7) is 20.7. The number of hydrogen-bond donors (Lipinski definition) is 2. The molecular weight excluding hydrogens is 669 g/mol. The number of carbonyl (C=O) groups is 2. The Morgan fingerprint density at radius 3 is 2.23 bits per heavy atom. The Kier molecular flexibility index (Phi) is 10.8. The largest absolute Gasteiger partial charge is 0.478 e. The zero-order chi connectivity index (χ0) is 37.7. The topological polar surface area (TPSA) is 104 Å². The minimum absolute atomic E-state index is 0.00616. The zero-order valence-electron chi connectivity index (χ0n) is 32.9. The highest BCUT2D eigenvalue weighted by Crippen LogP contribution is 2.77. The fraction of sp³-hybridized carbons (Fsp3) is 0.727. The molecule has 1 aromatic carbocycles. The molecule has 6 aliphatic rings. The zero-order valence-corrected chi connectivity index (χ0v) is 33.8. The number of allylic oxidation sites excluding steroid dienone is 3. The molecular formula is C44H66N2O5S. The number of rotatable bonds is 7. The van der Waals surface area contributed by atoms with Gasteiger partial charge in [-0.2, -0.15) is 0 Å². The van der Waals surface area contributed by atoms with Gasteiger partial charge in [0, 0.05) is 19.6 Å². The van der Waals surface area contributed by atoms with E-state index in [1.165, 1.54) is 37.7 Å². The van der Waals surface area contributed by atoms with Crippen LogP contribution in [-0.2, 0) is 14.6 Å². The third-order valence-electron chi connectivity index (χ3n) is 16.2. The molecule has 8 atom stereocenters. The minimum Gasteiger partial charge on any atom is -0.478 e. The Bertz CT molecular complexity index is 1650. The van der Waals surface area contributed by atoms with Crippen molar-refractivity contribution < 1.29 is 23.1 Å². The van der Waals surface area contributed by atoms with Gasteiger partial charge in [-0.1, -0.05) is 65.3 Å². The van der Waals surface area contributed by atoms with Crippen LogP contribution in [0.5, 0.6) is 0 Å². The molecule has 1 saturated heterocycles. The number of carboxylic acids is 1. The summed E-state index contributed by atoms with van der Waals surface area (Å²) < 4.78 is 23.6. The summed E-state index contributed by atoms with van der Waals surface area (Å²) in [5, 5.41) is 12.9. The number of nitrogens with one attached hydrogen (secondary N) is 1. The molecule has 0 bridgehead atoms. The van der Waals surface area contributed by atoms with Crippen LogP contribution in [0.25, 0.3) is 5.57 Å². The highest BCUT2D eigenvalue weighted by atomic mass is 32.2. The third kappa shape index (κ3) is 6.43. The van der Waals surface area contributed by atoms with Crippen LogP contribution < -0.4 is 5.32 Å². The van der Waals surface area contributed by atoms with Crippen molar-refractivity contribution in [1.82, 2.24) is 10.2 Å². The minimum atomic E-state index is -2.87. The van der Waals surface area contributed by atoms with Crippen molar-refractivity contribution in [3.63, 3.8) is 0 Å². The summed E-state index contributed by atoms with van der Waals surface area (Å²) in [7, 11) is -2.87. The fourth-order valence-corrected chi connectivity index (χ4v) is 14.8. The van der Waals surface area contributed by atoms with E-state index in [0.29, 0.717) is 54.8 Å². The normalized spacial score (nSPS) is 38.8. The van der Waals surface area contributed by atoms with Crippen LogP contribution in [0.1, 0.15) is 128 Å². The van der Waals surface area contributed by atoms with Gasteiger partial charge in [-0.15, -0.1) is 6.58 Å². The molecule has 52 heavy (non-hydrogen) atoms. The lowest BCUT2D eigenvalue weighted by Crippen LogP contribution is -2.65. The molecule has 8 heteroatoms. The Hall–Kier alpha value is -2.45. The van der Waals surface area contributed by atoms with Crippen LogP contribution in [-0.4, -0.2) is 68.0 Å². The van der Waals surface area contributed by atoms with E-state index >= 15 is 0 Å².